The second kappa shape index (κ2) is 6.71. The van der Waals surface area contributed by atoms with E-state index in [0.29, 0.717) is 5.91 Å². The molecule has 0 radical (unpaired) electrons. The van der Waals surface area contributed by atoms with E-state index in [9.17, 15) is 4.79 Å². The minimum Gasteiger partial charge on any atom is -0.342 e. The van der Waals surface area contributed by atoms with Gasteiger partial charge in [0.15, 0.2) is 0 Å². The highest BCUT2D eigenvalue weighted by Crippen LogP contribution is 2.27. The summed E-state index contributed by atoms with van der Waals surface area (Å²) >= 11 is 0. The van der Waals surface area contributed by atoms with Gasteiger partial charge in [0.25, 0.3) is 0 Å². The lowest BCUT2D eigenvalue weighted by Gasteiger charge is -2.36. The van der Waals surface area contributed by atoms with Crippen molar-refractivity contribution in [3.8, 4) is 0 Å². The van der Waals surface area contributed by atoms with Crippen molar-refractivity contribution >= 4 is 5.91 Å². The maximum absolute atomic E-state index is 12.5. The second-order valence-electron chi connectivity index (χ2n) is 6.65. The highest BCUT2D eigenvalue weighted by molar-refractivity contribution is 5.79. The molecule has 1 amide bonds. The molecule has 0 aromatic heterocycles. The monoisotopic (exact) mass is 267 g/mol. The molecule has 0 aromatic carbocycles. The van der Waals surface area contributed by atoms with E-state index in [2.05, 4.69) is 23.9 Å². The van der Waals surface area contributed by atoms with Crippen molar-refractivity contribution in [2.24, 2.45) is 17.6 Å². The van der Waals surface area contributed by atoms with Gasteiger partial charge < -0.3 is 15.5 Å². The van der Waals surface area contributed by atoms with Gasteiger partial charge in [-0.2, -0.15) is 0 Å². The van der Waals surface area contributed by atoms with Crippen LogP contribution in [0.15, 0.2) is 0 Å². The zero-order chi connectivity index (χ0) is 13.8. The minimum absolute atomic E-state index is 0.203. The fourth-order valence-electron chi connectivity index (χ4n) is 3.56. The van der Waals surface area contributed by atoms with Crippen molar-refractivity contribution in [2.75, 3.05) is 33.7 Å². The molecule has 0 aromatic rings. The number of likely N-dealkylation sites (tertiary alicyclic amines) is 1. The minimum atomic E-state index is 0.203. The quantitative estimate of drug-likeness (QED) is 0.838. The largest absolute Gasteiger partial charge is 0.342 e. The van der Waals surface area contributed by atoms with E-state index in [4.69, 9.17) is 5.73 Å². The molecule has 0 spiro atoms. The van der Waals surface area contributed by atoms with Gasteiger partial charge in [-0.25, -0.2) is 0 Å². The van der Waals surface area contributed by atoms with Crippen LogP contribution in [0.4, 0.5) is 0 Å². The molecule has 19 heavy (non-hydrogen) atoms. The molecule has 2 rings (SSSR count). The van der Waals surface area contributed by atoms with E-state index >= 15 is 0 Å². The van der Waals surface area contributed by atoms with Crippen LogP contribution in [-0.4, -0.2) is 55.5 Å². The fourth-order valence-corrected chi connectivity index (χ4v) is 3.56. The van der Waals surface area contributed by atoms with Gasteiger partial charge in [-0.15, -0.1) is 0 Å². The third-order valence-electron chi connectivity index (χ3n) is 4.61. The van der Waals surface area contributed by atoms with Crippen molar-refractivity contribution in [3.05, 3.63) is 0 Å². The van der Waals surface area contributed by atoms with Gasteiger partial charge in [-0.1, -0.05) is 6.42 Å². The zero-order valence-corrected chi connectivity index (χ0v) is 12.5. The summed E-state index contributed by atoms with van der Waals surface area (Å²) in [5, 5.41) is 0. The smallest absolute Gasteiger partial charge is 0.225 e. The summed E-state index contributed by atoms with van der Waals surface area (Å²) in [4.78, 5) is 16.8. The van der Waals surface area contributed by atoms with Crippen LogP contribution in [0.3, 0.4) is 0 Å². The first-order valence-corrected chi connectivity index (χ1v) is 7.75. The number of nitrogens with two attached hydrogens (primary N) is 1. The summed E-state index contributed by atoms with van der Waals surface area (Å²) in [6, 6.07) is 0.244. The molecule has 2 unspecified atom stereocenters. The lowest BCUT2D eigenvalue weighted by atomic mass is 9.84. The standard InChI is InChI=1S/C15H29N3O/c1-17(2)11-12-6-8-18(9-7-12)15(19)13-4-3-5-14(16)10-13/h12-14H,3-11,16H2,1-2H3. The maximum Gasteiger partial charge on any atom is 0.225 e. The SMILES string of the molecule is CN(C)CC1CCN(C(=O)C2CCCC(N)C2)CC1. The summed E-state index contributed by atoms with van der Waals surface area (Å²) < 4.78 is 0. The number of carbonyl (C=O) groups excluding carboxylic acids is 1. The normalized spacial score (nSPS) is 29.8. The topological polar surface area (TPSA) is 49.6 Å². The summed E-state index contributed by atoms with van der Waals surface area (Å²) in [5.74, 6) is 1.33. The number of rotatable bonds is 3. The molecule has 4 heteroatoms. The maximum atomic E-state index is 12.5. The van der Waals surface area contributed by atoms with Crippen LogP contribution in [-0.2, 0) is 4.79 Å². The van der Waals surface area contributed by atoms with Crippen LogP contribution >= 0.6 is 0 Å². The molecule has 1 saturated carbocycles. The summed E-state index contributed by atoms with van der Waals surface area (Å²) in [5.41, 5.74) is 5.99. The van der Waals surface area contributed by atoms with Crippen LogP contribution in [0, 0.1) is 11.8 Å². The molecule has 2 aliphatic rings. The molecule has 4 nitrogen and oxygen atoms in total. The fraction of sp³-hybridized carbons (Fsp3) is 0.933. The molecule has 2 fully saturated rings. The first-order chi connectivity index (χ1) is 9.06. The van der Waals surface area contributed by atoms with E-state index in [-0.39, 0.29) is 12.0 Å². The van der Waals surface area contributed by atoms with Crippen LogP contribution in [0.25, 0.3) is 0 Å². The summed E-state index contributed by atoms with van der Waals surface area (Å²) in [7, 11) is 4.25. The van der Waals surface area contributed by atoms with Crippen LogP contribution in [0.1, 0.15) is 38.5 Å². The molecular formula is C15H29N3O. The van der Waals surface area contributed by atoms with Gasteiger partial charge in [0.05, 0.1) is 0 Å². The van der Waals surface area contributed by atoms with E-state index in [0.717, 1.165) is 64.1 Å². The van der Waals surface area contributed by atoms with E-state index in [1.807, 2.05) is 0 Å². The first-order valence-electron chi connectivity index (χ1n) is 7.75. The van der Waals surface area contributed by atoms with Gasteiger partial charge >= 0.3 is 0 Å². The molecular weight excluding hydrogens is 238 g/mol. The Morgan fingerprint density at radius 1 is 1.21 bits per heavy atom. The van der Waals surface area contributed by atoms with E-state index < -0.39 is 0 Å². The Kier molecular flexibility index (Phi) is 5.22. The van der Waals surface area contributed by atoms with Gasteiger partial charge in [0.1, 0.15) is 0 Å². The highest BCUT2D eigenvalue weighted by Gasteiger charge is 2.31. The number of carbonyl (C=O) groups is 1. The Bertz CT molecular complexity index is 298. The van der Waals surface area contributed by atoms with Crippen molar-refractivity contribution in [1.82, 2.24) is 9.80 Å². The molecule has 110 valence electrons. The van der Waals surface area contributed by atoms with E-state index in [1.165, 1.54) is 0 Å². The lowest BCUT2D eigenvalue weighted by molar-refractivity contribution is -0.138. The van der Waals surface area contributed by atoms with Crippen molar-refractivity contribution in [3.63, 3.8) is 0 Å². The number of piperidine rings is 1. The molecule has 1 aliphatic heterocycles. The third-order valence-corrected chi connectivity index (χ3v) is 4.61. The Hall–Kier alpha value is -0.610. The van der Waals surface area contributed by atoms with Gasteiger partial charge in [0.2, 0.25) is 5.91 Å². The van der Waals surface area contributed by atoms with Crippen LogP contribution in [0.5, 0.6) is 0 Å². The predicted molar refractivity (Wildman–Crippen MR) is 77.8 cm³/mol. The van der Waals surface area contributed by atoms with Gasteiger partial charge in [0, 0.05) is 31.6 Å². The van der Waals surface area contributed by atoms with Crippen LogP contribution in [0.2, 0.25) is 0 Å². The van der Waals surface area contributed by atoms with E-state index in [1.54, 1.807) is 0 Å². The first kappa shape index (κ1) is 14.8. The number of hydrogen-bond donors (Lipinski definition) is 1. The molecule has 1 saturated heterocycles. The summed E-state index contributed by atoms with van der Waals surface area (Å²) in [6.45, 7) is 3.04. The Balaban J connectivity index is 1.78. The second-order valence-corrected chi connectivity index (χ2v) is 6.65. The molecule has 0 bridgehead atoms. The molecule has 1 heterocycles. The van der Waals surface area contributed by atoms with Crippen molar-refractivity contribution < 1.29 is 4.79 Å². The van der Waals surface area contributed by atoms with Crippen molar-refractivity contribution in [2.45, 2.75) is 44.6 Å². The van der Waals surface area contributed by atoms with Crippen molar-refractivity contribution in [1.29, 1.82) is 0 Å². The molecule has 2 N–H and O–H groups in total. The van der Waals surface area contributed by atoms with Crippen LogP contribution < -0.4 is 5.73 Å². The predicted octanol–water partition coefficient (Wildman–Crippen LogP) is 1.30. The third kappa shape index (κ3) is 4.18. The summed E-state index contributed by atoms with van der Waals surface area (Å²) in [6.07, 6.45) is 6.47. The Morgan fingerprint density at radius 2 is 1.89 bits per heavy atom. The average Bonchev–Trinajstić information content (AvgIpc) is 2.38. The Labute approximate surface area is 117 Å². The zero-order valence-electron chi connectivity index (χ0n) is 12.5. The molecule has 1 aliphatic carbocycles. The van der Waals surface area contributed by atoms with Gasteiger partial charge in [-0.05, 0) is 52.1 Å². The number of nitrogens with zero attached hydrogens (tertiary/aromatic N) is 2. The molecule has 2 atom stereocenters. The lowest BCUT2D eigenvalue weighted by Crippen LogP contribution is -2.45. The average molecular weight is 267 g/mol. The Morgan fingerprint density at radius 3 is 2.47 bits per heavy atom. The van der Waals surface area contributed by atoms with Gasteiger partial charge in [-0.3, -0.25) is 4.79 Å². The highest BCUT2D eigenvalue weighted by atomic mass is 16.2. The number of amides is 1. The number of hydrogen-bond acceptors (Lipinski definition) is 3.